The van der Waals surface area contributed by atoms with Gasteiger partial charge in [0.1, 0.15) is 0 Å². The van der Waals surface area contributed by atoms with E-state index in [0.717, 1.165) is 11.1 Å². The lowest BCUT2D eigenvalue weighted by Gasteiger charge is -1.99. The van der Waals surface area contributed by atoms with Crippen molar-refractivity contribution in [1.82, 2.24) is 0 Å². The maximum atomic E-state index is 11.4. The molecule has 1 aliphatic rings. The number of ether oxygens (including phenoxy) is 1. The van der Waals surface area contributed by atoms with E-state index in [-0.39, 0.29) is 5.97 Å². The standard InChI is InChI=1S/C12H12O2/c1-8-10-6-4-3-5-9(10)7-11(8)12(13)14-2/h3-6H,7H2,1-2H3. The van der Waals surface area contributed by atoms with Crippen molar-refractivity contribution in [1.29, 1.82) is 0 Å². The molecule has 2 nitrogen and oxygen atoms in total. The third kappa shape index (κ3) is 1.23. The highest BCUT2D eigenvalue weighted by Gasteiger charge is 2.23. The Kier molecular flexibility index (Phi) is 2.12. The molecule has 0 amide bonds. The summed E-state index contributed by atoms with van der Waals surface area (Å²) in [7, 11) is 1.42. The van der Waals surface area contributed by atoms with Crippen LogP contribution in [-0.2, 0) is 16.0 Å². The Morgan fingerprint density at radius 1 is 1.36 bits per heavy atom. The van der Waals surface area contributed by atoms with Crippen molar-refractivity contribution in [2.75, 3.05) is 7.11 Å². The van der Waals surface area contributed by atoms with E-state index in [1.54, 1.807) is 0 Å². The first-order chi connectivity index (χ1) is 6.74. The molecule has 0 fully saturated rings. The Balaban J connectivity index is 2.44. The first kappa shape index (κ1) is 9.00. The molecule has 2 heteroatoms. The van der Waals surface area contributed by atoms with E-state index < -0.39 is 0 Å². The second-order valence-electron chi connectivity index (χ2n) is 3.43. The highest BCUT2D eigenvalue weighted by molar-refractivity contribution is 6.00. The number of carbonyl (C=O) groups excluding carboxylic acids is 1. The van der Waals surface area contributed by atoms with Crippen molar-refractivity contribution in [2.24, 2.45) is 0 Å². The molecule has 0 saturated heterocycles. The van der Waals surface area contributed by atoms with Gasteiger partial charge in [-0.25, -0.2) is 4.79 Å². The number of allylic oxidation sites excluding steroid dienone is 1. The first-order valence-corrected chi connectivity index (χ1v) is 4.60. The molecular formula is C12H12O2. The number of methoxy groups -OCH3 is 1. The van der Waals surface area contributed by atoms with Crippen LogP contribution in [0.3, 0.4) is 0 Å². The molecule has 0 bridgehead atoms. The number of carbonyl (C=O) groups is 1. The van der Waals surface area contributed by atoms with Gasteiger partial charge in [0, 0.05) is 12.0 Å². The molecule has 1 aromatic carbocycles. The van der Waals surface area contributed by atoms with Crippen molar-refractivity contribution in [3.8, 4) is 0 Å². The van der Waals surface area contributed by atoms with Gasteiger partial charge in [-0.1, -0.05) is 24.3 Å². The molecule has 0 heterocycles. The summed E-state index contributed by atoms with van der Waals surface area (Å²) >= 11 is 0. The van der Waals surface area contributed by atoms with Crippen LogP contribution in [0.1, 0.15) is 18.1 Å². The molecular weight excluding hydrogens is 176 g/mol. The van der Waals surface area contributed by atoms with E-state index in [4.69, 9.17) is 4.74 Å². The summed E-state index contributed by atoms with van der Waals surface area (Å²) in [6.07, 6.45) is 0.703. The molecule has 1 aromatic rings. The number of esters is 1. The van der Waals surface area contributed by atoms with E-state index in [2.05, 4.69) is 6.07 Å². The monoisotopic (exact) mass is 188 g/mol. The fourth-order valence-corrected chi connectivity index (χ4v) is 1.87. The Bertz CT molecular complexity index is 416. The molecule has 0 unspecified atom stereocenters. The minimum absolute atomic E-state index is 0.210. The second kappa shape index (κ2) is 3.29. The number of hydrogen-bond donors (Lipinski definition) is 0. The first-order valence-electron chi connectivity index (χ1n) is 4.60. The predicted octanol–water partition coefficient (Wildman–Crippen LogP) is 2.19. The molecule has 0 saturated carbocycles. The molecule has 0 aliphatic heterocycles. The molecule has 0 aromatic heterocycles. The minimum Gasteiger partial charge on any atom is -0.466 e. The third-order valence-corrected chi connectivity index (χ3v) is 2.67. The van der Waals surface area contributed by atoms with Gasteiger partial charge in [0.15, 0.2) is 0 Å². The van der Waals surface area contributed by atoms with Gasteiger partial charge < -0.3 is 4.74 Å². The van der Waals surface area contributed by atoms with Crippen molar-refractivity contribution in [3.05, 3.63) is 41.0 Å². The van der Waals surface area contributed by atoms with E-state index in [9.17, 15) is 4.79 Å². The maximum absolute atomic E-state index is 11.4. The summed E-state index contributed by atoms with van der Waals surface area (Å²) in [6, 6.07) is 8.07. The van der Waals surface area contributed by atoms with Crippen LogP contribution < -0.4 is 0 Å². The topological polar surface area (TPSA) is 26.3 Å². The largest absolute Gasteiger partial charge is 0.466 e. The van der Waals surface area contributed by atoms with Crippen molar-refractivity contribution < 1.29 is 9.53 Å². The van der Waals surface area contributed by atoms with Gasteiger partial charge in [-0.2, -0.15) is 0 Å². The van der Waals surface area contributed by atoms with Crippen molar-refractivity contribution in [2.45, 2.75) is 13.3 Å². The summed E-state index contributed by atoms with van der Waals surface area (Å²) in [6.45, 7) is 1.97. The van der Waals surface area contributed by atoms with Crippen LogP contribution >= 0.6 is 0 Å². The third-order valence-electron chi connectivity index (χ3n) is 2.67. The van der Waals surface area contributed by atoms with Crippen LogP contribution in [0, 0.1) is 0 Å². The lowest BCUT2D eigenvalue weighted by atomic mass is 10.1. The average molecular weight is 188 g/mol. The summed E-state index contributed by atoms with van der Waals surface area (Å²) in [4.78, 5) is 11.4. The quantitative estimate of drug-likeness (QED) is 0.631. The summed E-state index contributed by atoms with van der Waals surface area (Å²) in [5.74, 6) is -0.210. The van der Waals surface area contributed by atoms with Crippen LogP contribution in [0.4, 0.5) is 0 Å². The lowest BCUT2D eigenvalue weighted by molar-refractivity contribution is -0.136. The fraction of sp³-hybridized carbons (Fsp3) is 0.250. The zero-order valence-corrected chi connectivity index (χ0v) is 8.33. The molecule has 0 N–H and O–H groups in total. The van der Waals surface area contributed by atoms with E-state index in [1.807, 2.05) is 25.1 Å². The fourth-order valence-electron chi connectivity index (χ4n) is 1.87. The van der Waals surface area contributed by atoms with Crippen LogP contribution in [-0.4, -0.2) is 13.1 Å². The normalized spacial score (nSPS) is 14.1. The SMILES string of the molecule is COC(=O)C1=C(C)c2ccccc2C1. The maximum Gasteiger partial charge on any atom is 0.334 e. The molecule has 1 aliphatic carbocycles. The number of fused-ring (bicyclic) bond motifs is 1. The van der Waals surface area contributed by atoms with Gasteiger partial charge in [-0.15, -0.1) is 0 Å². The zero-order valence-electron chi connectivity index (χ0n) is 8.33. The van der Waals surface area contributed by atoms with Gasteiger partial charge in [0.25, 0.3) is 0 Å². The summed E-state index contributed by atoms with van der Waals surface area (Å²) in [5, 5.41) is 0. The van der Waals surface area contributed by atoms with Gasteiger partial charge in [-0.05, 0) is 23.6 Å². The minimum atomic E-state index is -0.210. The lowest BCUT2D eigenvalue weighted by Crippen LogP contribution is -2.05. The van der Waals surface area contributed by atoms with Gasteiger partial charge in [0.05, 0.1) is 7.11 Å². The van der Waals surface area contributed by atoms with Gasteiger partial charge in [-0.3, -0.25) is 0 Å². The molecule has 0 spiro atoms. The van der Waals surface area contributed by atoms with Crippen LogP contribution in [0.2, 0.25) is 0 Å². The smallest absolute Gasteiger partial charge is 0.334 e. The molecule has 0 atom stereocenters. The van der Waals surface area contributed by atoms with E-state index in [1.165, 1.54) is 18.2 Å². The number of benzene rings is 1. The van der Waals surface area contributed by atoms with Crippen LogP contribution in [0.5, 0.6) is 0 Å². The molecule has 72 valence electrons. The number of rotatable bonds is 1. The molecule has 0 radical (unpaired) electrons. The van der Waals surface area contributed by atoms with Crippen LogP contribution in [0.15, 0.2) is 29.8 Å². The Labute approximate surface area is 83.2 Å². The Morgan fingerprint density at radius 3 is 2.71 bits per heavy atom. The predicted molar refractivity (Wildman–Crippen MR) is 54.8 cm³/mol. The summed E-state index contributed by atoms with van der Waals surface area (Å²) in [5.41, 5.74) is 4.22. The van der Waals surface area contributed by atoms with Gasteiger partial charge in [0.2, 0.25) is 0 Å². The Morgan fingerprint density at radius 2 is 2.07 bits per heavy atom. The van der Waals surface area contributed by atoms with Crippen molar-refractivity contribution in [3.63, 3.8) is 0 Å². The summed E-state index contributed by atoms with van der Waals surface area (Å²) < 4.78 is 4.74. The van der Waals surface area contributed by atoms with E-state index >= 15 is 0 Å². The van der Waals surface area contributed by atoms with E-state index in [0.29, 0.717) is 6.42 Å². The highest BCUT2D eigenvalue weighted by Crippen LogP contribution is 2.32. The molecule has 2 rings (SSSR count). The number of hydrogen-bond acceptors (Lipinski definition) is 2. The molecule has 14 heavy (non-hydrogen) atoms. The zero-order chi connectivity index (χ0) is 10.1. The second-order valence-corrected chi connectivity index (χ2v) is 3.43. The highest BCUT2D eigenvalue weighted by atomic mass is 16.5. The van der Waals surface area contributed by atoms with Crippen LogP contribution in [0.25, 0.3) is 5.57 Å². The van der Waals surface area contributed by atoms with Crippen molar-refractivity contribution >= 4 is 11.5 Å². The van der Waals surface area contributed by atoms with Gasteiger partial charge >= 0.3 is 5.97 Å². The average Bonchev–Trinajstić information content (AvgIpc) is 2.56. The Hall–Kier alpha value is -1.57.